The molecule has 7 aliphatic rings. The van der Waals surface area contributed by atoms with Gasteiger partial charge in [0.25, 0.3) is 0 Å². The number of ether oxygens (including phenoxy) is 6. The molecule has 2 heterocycles. The van der Waals surface area contributed by atoms with E-state index >= 15 is 0 Å². The molecule has 0 radical (unpaired) electrons. The zero-order valence-corrected chi connectivity index (χ0v) is 21.8. The van der Waals surface area contributed by atoms with Crippen LogP contribution in [0, 0.1) is 34.5 Å². The number of likely N-dealkylation sites (tertiary alicyclic amines) is 1. The van der Waals surface area contributed by atoms with Gasteiger partial charge >= 0.3 is 5.97 Å². The maximum atomic E-state index is 12.4. The fourth-order valence-corrected chi connectivity index (χ4v) is 11.7. The van der Waals surface area contributed by atoms with E-state index < -0.39 is 11.2 Å². The summed E-state index contributed by atoms with van der Waals surface area (Å²) in [7, 11) is 5.55. The molecule has 7 fully saturated rings. The van der Waals surface area contributed by atoms with Crippen molar-refractivity contribution >= 4 is 5.97 Å². The van der Waals surface area contributed by atoms with Crippen molar-refractivity contribution in [3.8, 4) is 0 Å². The summed E-state index contributed by atoms with van der Waals surface area (Å²) in [5, 5.41) is 0. The topological polar surface area (TPSA) is 75.7 Å². The molecule has 0 aromatic rings. The summed E-state index contributed by atoms with van der Waals surface area (Å²) >= 11 is 0. The molecule has 196 valence electrons. The van der Waals surface area contributed by atoms with Crippen LogP contribution < -0.4 is 0 Å². The summed E-state index contributed by atoms with van der Waals surface area (Å²) in [5.41, 5.74) is -0.998. The molecule has 3 spiro atoms. The van der Waals surface area contributed by atoms with Gasteiger partial charge in [-0.15, -0.1) is 0 Å². The van der Waals surface area contributed by atoms with Gasteiger partial charge in [0, 0.05) is 63.9 Å². The summed E-state index contributed by atoms with van der Waals surface area (Å²) in [4.78, 5) is 15.1. The van der Waals surface area contributed by atoms with Crippen LogP contribution in [0.2, 0.25) is 0 Å². The summed E-state index contributed by atoms with van der Waals surface area (Å²) < 4.78 is 38.5. The van der Waals surface area contributed by atoms with Crippen LogP contribution in [0.15, 0.2) is 0 Å². The van der Waals surface area contributed by atoms with Gasteiger partial charge < -0.3 is 28.4 Å². The van der Waals surface area contributed by atoms with E-state index in [2.05, 4.69) is 11.8 Å². The standard InChI is InChI=1S/C27H41NO7/c1-6-28-12-24(13-30-3)8-7-20(32-5)27-17-9-16-18(31-4)10-25(21(17)22(16)35-15(2)29)26(23(27)28,11-19(24)27)34-14-33-25/h16-23H,6-14H2,1-5H3/t16-,17-,18+,19-,20+,21-,22+,23-,24+,25-,26-,27-/m1/s1. The lowest BCUT2D eigenvalue weighted by atomic mass is 9.42. The molecule has 5 aliphatic carbocycles. The van der Waals surface area contributed by atoms with Gasteiger partial charge in [0.1, 0.15) is 24.1 Å². The van der Waals surface area contributed by atoms with Crippen molar-refractivity contribution in [3.63, 3.8) is 0 Å². The predicted octanol–water partition coefficient (Wildman–Crippen LogP) is 2.24. The minimum Gasteiger partial charge on any atom is -0.462 e. The average Bonchev–Trinajstić information content (AvgIpc) is 3.40. The second kappa shape index (κ2) is 7.41. The van der Waals surface area contributed by atoms with Crippen molar-refractivity contribution in [3.05, 3.63) is 0 Å². The molecule has 5 saturated carbocycles. The number of methoxy groups -OCH3 is 3. The molecule has 7 bridgehead atoms. The number of hydrogen-bond donors (Lipinski definition) is 0. The van der Waals surface area contributed by atoms with Gasteiger partial charge in [-0.25, -0.2) is 0 Å². The van der Waals surface area contributed by atoms with Gasteiger partial charge in [-0.3, -0.25) is 9.69 Å². The van der Waals surface area contributed by atoms with E-state index in [0.29, 0.717) is 18.6 Å². The molecule has 7 rings (SSSR count). The Kier molecular flexibility index (Phi) is 4.95. The second-order valence-corrected chi connectivity index (χ2v) is 12.6. The molecule has 2 aliphatic heterocycles. The molecule has 12 atom stereocenters. The average molecular weight is 492 g/mol. The van der Waals surface area contributed by atoms with Crippen LogP contribution in [-0.4, -0.2) is 94.2 Å². The maximum Gasteiger partial charge on any atom is 0.302 e. The van der Waals surface area contributed by atoms with E-state index in [-0.39, 0.29) is 53.0 Å². The minimum atomic E-state index is -0.520. The van der Waals surface area contributed by atoms with Gasteiger partial charge in [0.15, 0.2) is 0 Å². The third-order valence-electron chi connectivity index (χ3n) is 12.1. The number of rotatable bonds is 6. The predicted molar refractivity (Wildman–Crippen MR) is 124 cm³/mol. The lowest BCUT2D eigenvalue weighted by molar-refractivity contribution is -0.286. The van der Waals surface area contributed by atoms with E-state index in [4.69, 9.17) is 28.4 Å². The van der Waals surface area contributed by atoms with Crippen LogP contribution in [0.5, 0.6) is 0 Å². The first-order valence-corrected chi connectivity index (χ1v) is 13.6. The van der Waals surface area contributed by atoms with Crippen LogP contribution in [0.4, 0.5) is 0 Å². The normalized spacial score (nSPS) is 57.3. The number of fused-ring (bicyclic) bond motifs is 1. The third-order valence-corrected chi connectivity index (χ3v) is 12.1. The van der Waals surface area contributed by atoms with E-state index in [1.165, 1.54) is 6.92 Å². The number of piperidine rings is 1. The Hall–Kier alpha value is -0.770. The Morgan fingerprint density at radius 1 is 1.11 bits per heavy atom. The molecular weight excluding hydrogens is 450 g/mol. The van der Waals surface area contributed by atoms with Crippen molar-refractivity contribution in [1.82, 2.24) is 4.90 Å². The lowest BCUT2D eigenvalue weighted by Crippen LogP contribution is -2.80. The fraction of sp³-hybridized carbons (Fsp3) is 0.963. The molecule has 0 amide bonds. The highest BCUT2D eigenvalue weighted by molar-refractivity contribution is 5.66. The van der Waals surface area contributed by atoms with Crippen LogP contribution >= 0.6 is 0 Å². The lowest BCUT2D eigenvalue weighted by Gasteiger charge is -2.70. The van der Waals surface area contributed by atoms with E-state index in [0.717, 1.165) is 51.8 Å². The minimum absolute atomic E-state index is 0.0156. The van der Waals surface area contributed by atoms with Crippen molar-refractivity contribution in [2.75, 3.05) is 47.8 Å². The second-order valence-electron chi connectivity index (χ2n) is 12.6. The smallest absolute Gasteiger partial charge is 0.302 e. The Morgan fingerprint density at radius 2 is 1.91 bits per heavy atom. The molecule has 8 heteroatoms. The Morgan fingerprint density at radius 3 is 2.60 bits per heavy atom. The number of carbonyl (C=O) groups is 1. The molecule has 0 unspecified atom stereocenters. The van der Waals surface area contributed by atoms with E-state index in [1.54, 1.807) is 7.11 Å². The van der Waals surface area contributed by atoms with Crippen molar-refractivity contribution in [1.29, 1.82) is 0 Å². The van der Waals surface area contributed by atoms with Gasteiger partial charge in [-0.1, -0.05) is 6.92 Å². The SMILES string of the molecule is CCN1C[C@]2(COC)CC[C@H](OC)[C@@]34[C@@H]5C[C@H]6[C@H](OC(C)=O)[C@@H]5[C@@]5(C[C@@H]6OC)OCO[C@]5(C[C@H]23)[C@@H]14. The zero-order valence-electron chi connectivity index (χ0n) is 21.8. The summed E-state index contributed by atoms with van der Waals surface area (Å²) in [6.07, 6.45) is 4.80. The van der Waals surface area contributed by atoms with E-state index in [1.807, 2.05) is 14.2 Å². The zero-order chi connectivity index (χ0) is 24.4. The molecular formula is C27H41NO7. The largest absolute Gasteiger partial charge is 0.462 e. The van der Waals surface area contributed by atoms with Gasteiger partial charge in [-0.2, -0.15) is 0 Å². The molecule has 0 N–H and O–H groups in total. The Labute approximate surface area is 208 Å². The van der Waals surface area contributed by atoms with Crippen LogP contribution in [0.3, 0.4) is 0 Å². The number of nitrogens with zero attached hydrogens (tertiary/aromatic N) is 1. The van der Waals surface area contributed by atoms with Crippen LogP contribution in [-0.2, 0) is 33.2 Å². The molecule has 35 heavy (non-hydrogen) atoms. The number of likely N-dealkylation sites (N-methyl/N-ethyl adjacent to an activating group) is 1. The molecule has 8 nitrogen and oxygen atoms in total. The highest BCUT2D eigenvalue weighted by Crippen LogP contribution is 2.82. The molecule has 2 saturated heterocycles. The van der Waals surface area contributed by atoms with Crippen molar-refractivity contribution < 1.29 is 33.2 Å². The van der Waals surface area contributed by atoms with E-state index in [9.17, 15) is 4.79 Å². The van der Waals surface area contributed by atoms with Crippen LogP contribution in [0.25, 0.3) is 0 Å². The fourth-order valence-electron chi connectivity index (χ4n) is 11.7. The first kappa shape index (κ1) is 23.4. The molecule has 0 aromatic carbocycles. The number of esters is 1. The molecule has 0 aromatic heterocycles. The van der Waals surface area contributed by atoms with Crippen molar-refractivity contribution in [2.24, 2.45) is 34.5 Å². The third kappa shape index (κ3) is 2.36. The number of hydrogen-bond acceptors (Lipinski definition) is 8. The van der Waals surface area contributed by atoms with Crippen molar-refractivity contribution in [2.45, 2.75) is 81.5 Å². The van der Waals surface area contributed by atoms with Gasteiger partial charge in [0.2, 0.25) is 0 Å². The van der Waals surface area contributed by atoms with Crippen LogP contribution in [0.1, 0.15) is 46.0 Å². The highest BCUT2D eigenvalue weighted by Gasteiger charge is 2.91. The monoisotopic (exact) mass is 491 g/mol. The Balaban J connectivity index is 1.50. The maximum absolute atomic E-state index is 12.4. The Bertz CT molecular complexity index is 916. The first-order valence-electron chi connectivity index (χ1n) is 13.6. The first-order chi connectivity index (χ1) is 16.9. The summed E-state index contributed by atoms with van der Waals surface area (Å²) in [6, 6.07) is 0.219. The highest BCUT2D eigenvalue weighted by atomic mass is 16.7. The summed E-state index contributed by atoms with van der Waals surface area (Å²) in [6.45, 7) is 6.87. The van der Waals surface area contributed by atoms with Gasteiger partial charge in [-0.05, 0) is 44.1 Å². The quantitative estimate of drug-likeness (QED) is 0.524. The summed E-state index contributed by atoms with van der Waals surface area (Å²) in [5.74, 6) is 0.798. The number of carbonyl (C=O) groups excluding carboxylic acids is 1. The van der Waals surface area contributed by atoms with Gasteiger partial charge in [0.05, 0.1) is 24.9 Å².